The fourth-order valence-electron chi connectivity index (χ4n) is 3.82. The molecule has 8 heteroatoms. The predicted molar refractivity (Wildman–Crippen MR) is 126 cm³/mol. The largest absolute Gasteiger partial charge is 0.338 e. The molecule has 1 fully saturated rings. The highest BCUT2D eigenvalue weighted by molar-refractivity contribution is 5.95. The highest BCUT2D eigenvalue weighted by atomic mass is 19.1. The smallest absolute Gasteiger partial charge is 0.322 e. The van der Waals surface area contributed by atoms with Crippen molar-refractivity contribution in [2.75, 3.05) is 30.3 Å². The van der Waals surface area contributed by atoms with Crippen LogP contribution in [0, 0.1) is 17.3 Å². The molecule has 166 valence electrons. The number of nitriles is 1. The summed E-state index contributed by atoms with van der Waals surface area (Å²) in [5.41, 5.74) is 2.16. The summed E-state index contributed by atoms with van der Waals surface area (Å²) in [5.74, 6) is 0.0105. The van der Waals surface area contributed by atoms with Crippen molar-refractivity contribution in [2.45, 2.75) is 6.04 Å². The third-order valence-electron chi connectivity index (χ3n) is 5.39. The quantitative estimate of drug-likeness (QED) is 0.351. The molecule has 1 aliphatic rings. The van der Waals surface area contributed by atoms with Crippen LogP contribution in [0.2, 0.25) is 0 Å². The minimum Gasteiger partial charge on any atom is -0.338 e. The molecule has 1 unspecified atom stereocenters. The van der Waals surface area contributed by atoms with Crippen LogP contribution in [0.1, 0.15) is 11.6 Å². The van der Waals surface area contributed by atoms with Gasteiger partial charge in [0.1, 0.15) is 5.82 Å². The van der Waals surface area contributed by atoms with Crippen molar-refractivity contribution < 1.29 is 9.18 Å². The van der Waals surface area contributed by atoms with E-state index in [1.165, 1.54) is 12.1 Å². The van der Waals surface area contributed by atoms with Gasteiger partial charge in [-0.2, -0.15) is 5.26 Å². The molecule has 1 saturated heterocycles. The average molecular weight is 442 g/mol. The maximum Gasteiger partial charge on any atom is 0.322 e. The molecule has 0 spiro atoms. The van der Waals surface area contributed by atoms with Gasteiger partial charge in [0.15, 0.2) is 0 Å². The zero-order valence-corrected chi connectivity index (χ0v) is 17.9. The maximum absolute atomic E-state index is 13.6. The number of nitrogens with zero attached hydrogens (tertiary/aromatic N) is 4. The van der Waals surface area contributed by atoms with E-state index in [2.05, 4.69) is 15.6 Å². The maximum atomic E-state index is 13.6. The van der Waals surface area contributed by atoms with Crippen LogP contribution in [-0.4, -0.2) is 41.4 Å². The summed E-state index contributed by atoms with van der Waals surface area (Å²) in [6.45, 7) is 1.29. The number of carbonyl (C=O) groups excluding carboxylic acids is 1. The summed E-state index contributed by atoms with van der Waals surface area (Å²) in [4.78, 5) is 20.8. The van der Waals surface area contributed by atoms with Crippen molar-refractivity contribution in [1.29, 1.82) is 5.26 Å². The molecule has 4 rings (SSSR count). The van der Waals surface area contributed by atoms with E-state index in [1.54, 1.807) is 17.0 Å². The monoisotopic (exact) mass is 442 g/mol. The van der Waals surface area contributed by atoms with Gasteiger partial charge < -0.3 is 20.4 Å². The van der Waals surface area contributed by atoms with Gasteiger partial charge in [-0.25, -0.2) is 9.18 Å². The van der Waals surface area contributed by atoms with Gasteiger partial charge in [-0.05, 0) is 35.9 Å². The summed E-state index contributed by atoms with van der Waals surface area (Å²) < 4.78 is 13.6. The molecule has 1 atom stereocenters. The molecule has 1 heterocycles. The van der Waals surface area contributed by atoms with Gasteiger partial charge in [0.05, 0.1) is 6.04 Å². The Balaban J connectivity index is 1.57. The molecule has 0 aliphatic carbocycles. The van der Waals surface area contributed by atoms with Gasteiger partial charge in [0, 0.05) is 31.0 Å². The summed E-state index contributed by atoms with van der Waals surface area (Å²) >= 11 is 0. The fraction of sp³-hybridized carbons (Fsp3) is 0.160. The van der Waals surface area contributed by atoms with Crippen molar-refractivity contribution in [1.82, 2.24) is 9.80 Å². The zero-order chi connectivity index (χ0) is 23.0. The Morgan fingerprint density at radius 2 is 1.64 bits per heavy atom. The van der Waals surface area contributed by atoms with Crippen molar-refractivity contribution >= 4 is 23.4 Å². The summed E-state index contributed by atoms with van der Waals surface area (Å²) in [7, 11) is 0. The number of urea groups is 1. The second kappa shape index (κ2) is 10.3. The second-order valence-corrected chi connectivity index (χ2v) is 7.53. The van der Waals surface area contributed by atoms with Crippen molar-refractivity contribution in [3.05, 3.63) is 96.3 Å². The Bertz CT molecular complexity index is 1160. The highest BCUT2D eigenvalue weighted by Gasteiger charge is 2.33. The molecule has 0 aromatic heterocycles. The molecule has 2 amide bonds. The molecule has 3 aromatic rings. The first-order valence-corrected chi connectivity index (χ1v) is 10.6. The summed E-state index contributed by atoms with van der Waals surface area (Å²) in [6, 6.07) is 24.4. The minimum absolute atomic E-state index is 0.296. The number of para-hydroxylation sites is 1. The lowest BCUT2D eigenvalue weighted by molar-refractivity contribution is 0.136. The molecule has 7 nitrogen and oxygen atoms in total. The van der Waals surface area contributed by atoms with Crippen LogP contribution < -0.4 is 10.6 Å². The summed E-state index contributed by atoms with van der Waals surface area (Å²) in [5, 5.41) is 15.2. The van der Waals surface area contributed by atoms with Crippen molar-refractivity contribution in [2.24, 2.45) is 4.99 Å². The second-order valence-electron chi connectivity index (χ2n) is 7.53. The number of guanidine groups is 1. The average Bonchev–Trinajstić information content (AvgIpc) is 2.84. The topological polar surface area (TPSA) is 83.8 Å². The number of anilines is 2. The summed E-state index contributed by atoms with van der Waals surface area (Å²) in [6.07, 6.45) is 1.87. The van der Waals surface area contributed by atoms with Gasteiger partial charge in [-0.3, -0.25) is 0 Å². The third kappa shape index (κ3) is 5.46. The Morgan fingerprint density at radius 3 is 2.33 bits per heavy atom. The molecule has 0 saturated carbocycles. The fourth-order valence-corrected chi connectivity index (χ4v) is 3.82. The number of aliphatic imine (C=N–C) groups is 1. The van der Waals surface area contributed by atoms with E-state index in [0.29, 0.717) is 31.3 Å². The lowest BCUT2D eigenvalue weighted by Gasteiger charge is -2.42. The first-order valence-electron chi connectivity index (χ1n) is 10.6. The number of piperazine rings is 1. The number of nitrogens with one attached hydrogen (secondary N) is 2. The normalized spacial score (nSPS) is 16.1. The molecular formula is C25H23FN6O. The van der Waals surface area contributed by atoms with Crippen molar-refractivity contribution in [3.8, 4) is 6.19 Å². The van der Waals surface area contributed by atoms with E-state index in [0.717, 1.165) is 11.3 Å². The van der Waals surface area contributed by atoms with Gasteiger partial charge in [0.25, 0.3) is 0 Å². The molecule has 0 radical (unpaired) electrons. The van der Waals surface area contributed by atoms with E-state index < -0.39 is 5.82 Å². The Kier molecular flexibility index (Phi) is 6.81. The van der Waals surface area contributed by atoms with Crippen LogP contribution >= 0.6 is 0 Å². The van der Waals surface area contributed by atoms with Crippen LogP contribution in [0.15, 0.2) is 89.9 Å². The Hall–Kier alpha value is -4.38. The molecule has 0 bridgehead atoms. The number of amides is 2. The highest BCUT2D eigenvalue weighted by Crippen LogP contribution is 2.27. The first kappa shape index (κ1) is 21.8. The number of rotatable bonds is 3. The van der Waals surface area contributed by atoms with Crippen LogP contribution in [0.25, 0.3) is 0 Å². The number of hydrogen-bond acceptors (Lipinski definition) is 3. The lowest BCUT2D eigenvalue weighted by Crippen LogP contribution is -2.54. The SMILES string of the molecule is N#C/N=C(/Nc1ccccc1)N1CCN(C(=O)Nc2cccc(F)c2)C(c2ccccc2)C1. The zero-order valence-electron chi connectivity index (χ0n) is 17.9. The van der Waals surface area contributed by atoms with Crippen molar-refractivity contribution in [3.63, 3.8) is 0 Å². The third-order valence-corrected chi connectivity index (χ3v) is 5.39. The number of benzene rings is 3. The molecule has 3 aromatic carbocycles. The van der Waals surface area contributed by atoms with Gasteiger partial charge >= 0.3 is 6.03 Å². The van der Waals surface area contributed by atoms with E-state index in [9.17, 15) is 14.4 Å². The number of carbonyl (C=O) groups is 1. The van der Waals surface area contributed by atoms with Gasteiger partial charge in [-0.15, -0.1) is 4.99 Å². The van der Waals surface area contributed by atoms with E-state index in [4.69, 9.17) is 0 Å². The lowest BCUT2D eigenvalue weighted by atomic mass is 10.0. The van der Waals surface area contributed by atoms with E-state index in [-0.39, 0.29) is 12.1 Å². The predicted octanol–water partition coefficient (Wildman–Crippen LogP) is 4.67. The van der Waals surface area contributed by atoms with E-state index >= 15 is 0 Å². The Labute approximate surface area is 191 Å². The number of halogens is 1. The van der Waals surface area contributed by atoms with Crippen LogP contribution in [0.3, 0.4) is 0 Å². The molecular weight excluding hydrogens is 419 g/mol. The minimum atomic E-state index is -0.415. The first-order chi connectivity index (χ1) is 16.1. The molecule has 2 N–H and O–H groups in total. The van der Waals surface area contributed by atoms with Crippen LogP contribution in [0.4, 0.5) is 20.6 Å². The van der Waals surface area contributed by atoms with Crippen LogP contribution in [-0.2, 0) is 0 Å². The van der Waals surface area contributed by atoms with Gasteiger partial charge in [-0.1, -0.05) is 54.6 Å². The van der Waals surface area contributed by atoms with Crippen LogP contribution in [0.5, 0.6) is 0 Å². The van der Waals surface area contributed by atoms with E-state index in [1.807, 2.05) is 71.8 Å². The van der Waals surface area contributed by atoms with Gasteiger partial charge in [0.2, 0.25) is 12.2 Å². The molecule has 33 heavy (non-hydrogen) atoms. The standard InChI is InChI=1S/C25H23FN6O/c26-20-10-7-13-22(16-20)30-25(33)32-15-14-31(17-23(32)19-8-3-1-4-9-19)24(28-18-27)29-21-11-5-2-6-12-21/h1-13,16,23H,14-15,17H2,(H,28,29)(H,30,33). The Morgan fingerprint density at radius 1 is 0.939 bits per heavy atom. The molecule has 1 aliphatic heterocycles. The number of hydrogen-bond donors (Lipinski definition) is 2.